The van der Waals surface area contributed by atoms with Gasteiger partial charge in [0.05, 0.1) is 18.6 Å². The second-order valence-electron chi connectivity index (χ2n) is 4.62. The molecule has 5 heteroatoms. The van der Waals surface area contributed by atoms with Gasteiger partial charge in [-0.3, -0.25) is 14.9 Å². The van der Waals surface area contributed by atoms with Crippen molar-refractivity contribution in [3.8, 4) is 0 Å². The summed E-state index contributed by atoms with van der Waals surface area (Å²) >= 11 is 0. The van der Waals surface area contributed by atoms with Crippen LogP contribution < -0.4 is 5.32 Å². The molecule has 2 aliphatic heterocycles. The lowest BCUT2D eigenvalue weighted by Crippen LogP contribution is -2.24. The van der Waals surface area contributed by atoms with E-state index in [1.807, 2.05) is 31.2 Å². The van der Waals surface area contributed by atoms with Crippen LogP contribution in [0, 0.1) is 5.92 Å². The van der Waals surface area contributed by atoms with Crippen LogP contribution in [0.5, 0.6) is 0 Å². The molecule has 0 bridgehead atoms. The number of fused-ring (bicyclic) bond motifs is 1. The van der Waals surface area contributed by atoms with E-state index in [1.54, 1.807) is 0 Å². The molecule has 1 saturated heterocycles. The second-order valence-corrected chi connectivity index (χ2v) is 4.62. The Bertz CT molecular complexity index is 580. The van der Waals surface area contributed by atoms with Crippen molar-refractivity contribution >= 4 is 17.7 Å². The van der Waals surface area contributed by atoms with Gasteiger partial charge in [0.15, 0.2) is 0 Å². The van der Waals surface area contributed by atoms with Gasteiger partial charge >= 0.3 is 0 Å². The molecule has 1 N–H and O–H groups in total. The molecule has 2 aliphatic rings. The number of hydrogen-bond acceptors (Lipinski definition) is 4. The van der Waals surface area contributed by atoms with Crippen LogP contribution in [0.3, 0.4) is 0 Å². The highest BCUT2D eigenvalue weighted by atomic mass is 16.5. The van der Waals surface area contributed by atoms with Gasteiger partial charge in [-0.05, 0) is 18.6 Å². The number of carbonyl (C=O) groups is 2. The average Bonchev–Trinajstić information content (AvgIpc) is 2.91. The zero-order chi connectivity index (χ0) is 13.4. The lowest BCUT2D eigenvalue weighted by Gasteiger charge is -2.13. The summed E-state index contributed by atoms with van der Waals surface area (Å²) in [5.41, 5.74) is 1.88. The Hall–Kier alpha value is -2.17. The van der Waals surface area contributed by atoms with Gasteiger partial charge in [-0.15, -0.1) is 0 Å². The molecule has 1 fully saturated rings. The van der Waals surface area contributed by atoms with E-state index in [2.05, 4.69) is 10.3 Å². The van der Waals surface area contributed by atoms with Crippen molar-refractivity contribution in [2.24, 2.45) is 10.9 Å². The summed E-state index contributed by atoms with van der Waals surface area (Å²) in [5, 5.41) is 2.33. The number of hydrogen-bond donors (Lipinski definition) is 1. The molecule has 3 rings (SSSR count). The van der Waals surface area contributed by atoms with Gasteiger partial charge in [0, 0.05) is 12.0 Å². The third kappa shape index (κ3) is 1.91. The minimum absolute atomic E-state index is 0.195. The quantitative estimate of drug-likeness (QED) is 0.810. The topological polar surface area (TPSA) is 67.8 Å². The van der Waals surface area contributed by atoms with E-state index in [9.17, 15) is 9.59 Å². The molecule has 19 heavy (non-hydrogen) atoms. The molecule has 2 amide bonds. The third-order valence-electron chi connectivity index (χ3n) is 3.43. The normalized spacial score (nSPS) is 25.0. The first-order valence-corrected chi connectivity index (χ1v) is 6.34. The highest BCUT2D eigenvalue weighted by Gasteiger charge is 2.41. The van der Waals surface area contributed by atoms with Gasteiger partial charge in [-0.1, -0.05) is 18.2 Å². The number of ether oxygens (including phenoxy) is 1. The fourth-order valence-electron chi connectivity index (χ4n) is 2.60. The molecule has 2 atom stereocenters. The van der Waals surface area contributed by atoms with Crippen LogP contribution in [0.1, 0.15) is 30.5 Å². The van der Waals surface area contributed by atoms with Crippen LogP contribution in [0.4, 0.5) is 0 Å². The number of imide groups is 1. The van der Waals surface area contributed by atoms with Crippen LogP contribution >= 0.6 is 0 Å². The van der Waals surface area contributed by atoms with E-state index in [1.165, 1.54) is 0 Å². The summed E-state index contributed by atoms with van der Waals surface area (Å²) in [6.45, 7) is 2.42. The van der Waals surface area contributed by atoms with Crippen LogP contribution in [0.2, 0.25) is 0 Å². The Labute approximate surface area is 110 Å². The summed E-state index contributed by atoms with van der Waals surface area (Å²) in [4.78, 5) is 27.6. The predicted molar refractivity (Wildman–Crippen MR) is 68.6 cm³/mol. The fourth-order valence-corrected chi connectivity index (χ4v) is 2.60. The van der Waals surface area contributed by atoms with Gasteiger partial charge in [0.25, 0.3) is 0 Å². The Morgan fingerprint density at radius 2 is 2.16 bits per heavy atom. The minimum atomic E-state index is -0.424. The molecule has 0 aromatic heterocycles. The first-order chi connectivity index (χ1) is 9.20. The molecule has 98 valence electrons. The standard InChI is InChI=1S/C14H14N2O3/c1-2-19-14-9-6-4-3-5-8(9)12(16-14)10-7-11(17)15-13(10)18/h3-6,10,12H,2,7H2,1H3,(H,15,17,18). The minimum Gasteiger partial charge on any atom is -0.478 e. The molecule has 0 spiro atoms. The first-order valence-electron chi connectivity index (χ1n) is 6.34. The average molecular weight is 258 g/mol. The number of aliphatic imine (C=N–C) groups is 1. The van der Waals surface area contributed by atoms with Gasteiger partial charge in [-0.2, -0.15) is 0 Å². The molecule has 0 aliphatic carbocycles. The smallest absolute Gasteiger partial charge is 0.232 e. The SMILES string of the molecule is CCOC1=NC(C2CC(=O)NC2=O)c2ccccc21. The summed E-state index contributed by atoms with van der Waals surface area (Å²) in [6, 6.07) is 7.37. The Morgan fingerprint density at radius 1 is 1.37 bits per heavy atom. The van der Waals surface area contributed by atoms with Crippen LogP contribution in [0.15, 0.2) is 29.3 Å². The molecule has 0 radical (unpaired) electrons. The van der Waals surface area contributed by atoms with Gasteiger partial charge in [-0.25, -0.2) is 4.99 Å². The lowest BCUT2D eigenvalue weighted by atomic mass is 9.91. The molecular formula is C14H14N2O3. The Morgan fingerprint density at radius 3 is 2.84 bits per heavy atom. The van der Waals surface area contributed by atoms with Crippen molar-refractivity contribution in [2.75, 3.05) is 6.61 Å². The highest BCUT2D eigenvalue weighted by Crippen LogP contribution is 2.38. The van der Waals surface area contributed by atoms with E-state index < -0.39 is 5.92 Å². The maximum atomic E-state index is 11.8. The van der Waals surface area contributed by atoms with Crippen molar-refractivity contribution in [1.82, 2.24) is 5.32 Å². The monoisotopic (exact) mass is 258 g/mol. The van der Waals surface area contributed by atoms with E-state index in [-0.39, 0.29) is 24.3 Å². The lowest BCUT2D eigenvalue weighted by molar-refractivity contribution is -0.126. The number of nitrogens with one attached hydrogen (secondary N) is 1. The number of rotatable bonds is 2. The molecule has 2 heterocycles. The molecule has 2 unspecified atom stereocenters. The van der Waals surface area contributed by atoms with E-state index >= 15 is 0 Å². The van der Waals surface area contributed by atoms with Crippen molar-refractivity contribution in [1.29, 1.82) is 0 Å². The zero-order valence-corrected chi connectivity index (χ0v) is 10.6. The number of carbonyl (C=O) groups excluding carboxylic acids is 2. The molecule has 0 saturated carbocycles. The van der Waals surface area contributed by atoms with Crippen molar-refractivity contribution in [3.63, 3.8) is 0 Å². The summed E-state index contributed by atoms with van der Waals surface area (Å²) < 4.78 is 5.51. The van der Waals surface area contributed by atoms with E-state index in [4.69, 9.17) is 4.74 Å². The van der Waals surface area contributed by atoms with E-state index in [0.29, 0.717) is 12.5 Å². The molecule has 1 aromatic rings. The van der Waals surface area contributed by atoms with Crippen molar-refractivity contribution in [2.45, 2.75) is 19.4 Å². The maximum absolute atomic E-state index is 11.8. The summed E-state index contributed by atoms with van der Waals surface area (Å²) in [6.07, 6.45) is 0.195. The van der Waals surface area contributed by atoms with Crippen LogP contribution in [-0.2, 0) is 14.3 Å². The van der Waals surface area contributed by atoms with Crippen molar-refractivity contribution in [3.05, 3.63) is 35.4 Å². The zero-order valence-electron chi connectivity index (χ0n) is 10.6. The van der Waals surface area contributed by atoms with Crippen LogP contribution in [0.25, 0.3) is 0 Å². The third-order valence-corrected chi connectivity index (χ3v) is 3.43. The van der Waals surface area contributed by atoms with Crippen LogP contribution in [-0.4, -0.2) is 24.3 Å². The first kappa shape index (κ1) is 11.9. The molecule has 1 aromatic carbocycles. The fraction of sp³-hybridized carbons (Fsp3) is 0.357. The van der Waals surface area contributed by atoms with Gasteiger partial charge in [0.1, 0.15) is 0 Å². The Kier molecular flexibility index (Phi) is 2.81. The largest absolute Gasteiger partial charge is 0.478 e. The molecular weight excluding hydrogens is 244 g/mol. The van der Waals surface area contributed by atoms with Crippen molar-refractivity contribution < 1.29 is 14.3 Å². The number of amides is 2. The molecule has 5 nitrogen and oxygen atoms in total. The highest BCUT2D eigenvalue weighted by molar-refractivity contribution is 6.05. The van der Waals surface area contributed by atoms with E-state index in [0.717, 1.165) is 11.1 Å². The van der Waals surface area contributed by atoms with Gasteiger partial charge in [0.2, 0.25) is 17.7 Å². The Balaban J connectivity index is 1.99. The number of nitrogens with zero attached hydrogens (tertiary/aromatic N) is 1. The van der Waals surface area contributed by atoms with Gasteiger partial charge < -0.3 is 4.74 Å². The summed E-state index contributed by atoms with van der Waals surface area (Å²) in [5.74, 6) is -0.333. The summed E-state index contributed by atoms with van der Waals surface area (Å²) in [7, 11) is 0. The number of benzene rings is 1. The second kappa shape index (κ2) is 4.50. The maximum Gasteiger partial charge on any atom is 0.232 e. The predicted octanol–water partition coefficient (Wildman–Crippen LogP) is 1.19.